The lowest BCUT2D eigenvalue weighted by Gasteiger charge is -2.11. The number of rotatable bonds is 19. The molecule has 2 saturated carbocycles. The van der Waals surface area contributed by atoms with Gasteiger partial charge in [-0.25, -0.2) is 67.5 Å². The van der Waals surface area contributed by atoms with E-state index in [2.05, 4.69) is 91.2 Å². The van der Waals surface area contributed by atoms with E-state index in [0.717, 1.165) is 144 Å². The first kappa shape index (κ1) is 101. The van der Waals surface area contributed by atoms with Gasteiger partial charge in [0.25, 0.3) is 0 Å². The maximum atomic E-state index is 13.9. The Balaban J connectivity index is 0.000000122. The maximum Gasteiger partial charge on any atom is 0.435 e. The number of hydrogen-bond donors (Lipinski definition) is 5. The number of imidazole rings is 4. The Labute approximate surface area is 823 Å². The van der Waals surface area contributed by atoms with Crippen molar-refractivity contribution < 1.29 is 111 Å². The van der Waals surface area contributed by atoms with Gasteiger partial charge >= 0.3 is 37.5 Å². The highest BCUT2D eigenvalue weighted by Gasteiger charge is 2.41. The molecule has 13 aromatic heterocycles. The van der Waals surface area contributed by atoms with Crippen LogP contribution in [0.4, 0.5) is 145 Å². The molecule has 0 atom stereocenters. The van der Waals surface area contributed by atoms with Gasteiger partial charge in [0.1, 0.15) is 57.8 Å². The number of ether oxygens (including phenoxy) is 1. The second-order valence-electron chi connectivity index (χ2n) is 33.2. The minimum atomic E-state index is -4.81. The maximum absolute atomic E-state index is 13.9. The Morgan fingerprint density at radius 2 is 0.805 bits per heavy atom. The van der Waals surface area contributed by atoms with E-state index in [4.69, 9.17) is 0 Å². The summed E-state index contributed by atoms with van der Waals surface area (Å²) in [6.07, 6.45) is -2.62. The minimum absolute atomic E-state index is 0.00479. The summed E-state index contributed by atoms with van der Waals surface area (Å²) in [7, 11) is 0. The van der Waals surface area contributed by atoms with E-state index in [9.17, 15) is 109 Å². The van der Waals surface area contributed by atoms with Crippen molar-refractivity contribution in [3.8, 4) is 45.8 Å². The molecule has 31 nitrogen and oxygen atoms in total. The number of para-hydroxylation sites is 2. The lowest BCUT2D eigenvalue weighted by Crippen LogP contribution is -2.27. The Morgan fingerprint density at radius 3 is 1.30 bits per heavy atom. The van der Waals surface area contributed by atoms with Crippen molar-refractivity contribution in [2.45, 2.75) is 88.9 Å². The van der Waals surface area contributed by atoms with Crippen LogP contribution < -0.4 is 50.2 Å². The quantitative estimate of drug-likeness (QED) is 0.0285. The second-order valence-corrected chi connectivity index (χ2v) is 33.2. The van der Waals surface area contributed by atoms with E-state index in [0.29, 0.717) is 111 Å². The molecule has 22 rings (SSSR count). The van der Waals surface area contributed by atoms with E-state index in [1.54, 1.807) is 45.1 Å². The fraction of sp³-hybridized carbons (Fsp3) is 0.143. The Hall–Kier alpha value is -18.5. The summed E-state index contributed by atoms with van der Waals surface area (Å²) in [6.45, 7) is 0.633. The molecule has 51 heteroatoms. The Bertz CT molecular complexity index is 8330. The number of pyridine rings is 3. The van der Waals surface area contributed by atoms with Crippen molar-refractivity contribution in [2.24, 2.45) is 0 Å². The van der Waals surface area contributed by atoms with Gasteiger partial charge in [0.2, 0.25) is 67.0 Å². The number of nitrogens with one attached hydrogen (secondary N) is 5. The molecule has 2 aliphatic rings. The minimum Gasteiger partial charge on any atom is -0.619 e. The van der Waals surface area contributed by atoms with Gasteiger partial charge < -0.3 is 52.1 Å². The molecule has 0 unspecified atom stereocenters. The number of alkyl halides is 17. The smallest absolute Gasteiger partial charge is 0.435 e. The molecule has 0 saturated heterocycles. The predicted molar refractivity (Wildman–Crippen MR) is 498 cm³/mol. The molecule has 7 aromatic carbocycles. The number of aromatic nitrogens is 21. The van der Waals surface area contributed by atoms with Crippen LogP contribution in [-0.2, 0) is 30.9 Å². The average Bonchev–Trinajstić information content (AvgIpc) is 1.61. The molecular formula is C98H68F20N26O5. The Morgan fingerprint density at radius 1 is 0.376 bits per heavy atom. The van der Waals surface area contributed by atoms with Crippen LogP contribution in [0, 0.1) is 52.1 Å². The standard InChI is InChI=1S/C21H15F4N5.C20H14F4N6O.C19H11F6N5O.C19H13F4N5O.C19H15F2N5O2/c22-14-7-8-30-17(9-14)19(20(29-30)12-1-2-12)16-10-26-11-18(28-16)27-15-5-3-13(4-6-15)21(23,24)25;21-13-7-15-18(25-8-13)28-19(11-1-2-11)30(15)17-10-29(31)9-16(27-17)26-14-5-3-12(4-6-14)20(22,23)24;20-18(21,22)11-4-6-12(7-5-11)26-14-10-29(31)9-13(27-14)16-17(19(23,24)25)28-15-3-1-2-8-30(15)16;1-11-24-15-7-4-13(20)8-16(15)28(11)18-10-27(29)9-17(26-18)25-14-5-2-12(3-6-14)19(21,22)23;1-12-22-15-4-2-3-5-16(15)26(12)18-11-25(27)10-17(24-18)23-13-6-8-14(9-7-13)28-19(20)21/h3-12H,1-2H2,(H,27,28);3-11H,1-2H2,(H,26,27);1-10H,(H,26,27);2-10H,1H3,(H,25,26);2-11,19H,1H3,(H,23,24). The highest BCUT2D eigenvalue weighted by atomic mass is 19.4. The van der Waals surface area contributed by atoms with Crippen molar-refractivity contribution in [1.82, 2.24) is 82.5 Å². The van der Waals surface area contributed by atoms with Gasteiger partial charge in [0.15, 0.2) is 40.3 Å². The topological polar surface area (TPSA) is 355 Å². The van der Waals surface area contributed by atoms with E-state index >= 15 is 0 Å². The lowest BCUT2D eigenvalue weighted by molar-refractivity contribution is -0.605. The zero-order chi connectivity index (χ0) is 105. The molecule has 5 N–H and O–H groups in total. The molecule has 149 heavy (non-hydrogen) atoms. The van der Waals surface area contributed by atoms with Crippen LogP contribution >= 0.6 is 0 Å². The fourth-order valence-corrected chi connectivity index (χ4v) is 15.6. The third-order valence-corrected chi connectivity index (χ3v) is 22.4. The third-order valence-electron chi connectivity index (χ3n) is 22.4. The van der Waals surface area contributed by atoms with Crippen LogP contribution in [0.1, 0.15) is 88.6 Å². The second kappa shape index (κ2) is 40.6. The highest BCUT2D eigenvalue weighted by molar-refractivity contribution is 5.83. The van der Waals surface area contributed by atoms with Crippen LogP contribution in [0.5, 0.6) is 5.75 Å². The third kappa shape index (κ3) is 23.6. The fourth-order valence-electron chi connectivity index (χ4n) is 15.6. The summed E-state index contributed by atoms with van der Waals surface area (Å²) in [5.74, 6) is 2.43. The van der Waals surface area contributed by atoms with E-state index in [1.165, 1.54) is 145 Å². The average molecular weight is 2070 g/mol. The van der Waals surface area contributed by atoms with Gasteiger partial charge in [-0.15, -0.1) is 0 Å². The number of nitrogens with zero attached hydrogens (tertiary/aromatic N) is 21. The van der Waals surface area contributed by atoms with Crippen molar-refractivity contribution >= 4 is 102 Å². The molecule has 0 amide bonds. The van der Waals surface area contributed by atoms with Gasteiger partial charge in [0.05, 0.1) is 90.9 Å². The predicted octanol–water partition coefficient (Wildman–Crippen LogP) is 22.6. The molecule has 0 bridgehead atoms. The van der Waals surface area contributed by atoms with Crippen molar-refractivity contribution in [3.63, 3.8) is 0 Å². The van der Waals surface area contributed by atoms with Gasteiger partial charge in [-0.1, -0.05) is 18.2 Å². The normalized spacial score (nSPS) is 12.8. The summed E-state index contributed by atoms with van der Waals surface area (Å²) >= 11 is 0. The van der Waals surface area contributed by atoms with Crippen LogP contribution in [0.3, 0.4) is 0 Å². The summed E-state index contributed by atoms with van der Waals surface area (Å²) in [4.78, 5) is 46.9. The first-order valence-electron chi connectivity index (χ1n) is 44.1. The van der Waals surface area contributed by atoms with Gasteiger partial charge in [-0.2, -0.15) is 98.7 Å². The molecule has 2 fully saturated rings. The highest BCUT2D eigenvalue weighted by Crippen LogP contribution is 2.47. The van der Waals surface area contributed by atoms with Gasteiger partial charge in [-0.3, -0.25) is 23.1 Å². The summed E-state index contributed by atoms with van der Waals surface area (Å²) < 4.78 is 273. The summed E-state index contributed by atoms with van der Waals surface area (Å²) in [6, 6.07) is 43.1. The molecule has 0 spiro atoms. The number of hydrogen-bond acceptors (Lipinski definition) is 22. The van der Waals surface area contributed by atoms with Gasteiger partial charge in [0, 0.05) is 70.9 Å². The van der Waals surface area contributed by atoms with Crippen LogP contribution in [0.15, 0.2) is 281 Å². The van der Waals surface area contributed by atoms with Crippen molar-refractivity contribution in [2.75, 3.05) is 26.6 Å². The molecule has 2 aliphatic carbocycles. The zero-order valence-corrected chi connectivity index (χ0v) is 76.1. The van der Waals surface area contributed by atoms with E-state index in [1.807, 2.05) is 31.2 Å². The summed E-state index contributed by atoms with van der Waals surface area (Å²) in [5, 5.41) is 67.3. The molecule has 20 aromatic rings. The van der Waals surface area contributed by atoms with Crippen LogP contribution in [-0.4, -0.2) is 89.2 Å². The molecule has 0 radical (unpaired) electrons. The van der Waals surface area contributed by atoms with Gasteiger partial charge in [-0.05, 0) is 203 Å². The Kier molecular flexibility index (Phi) is 27.4. The monoisotopic (exact) mass is 2070 g/mol. The molecule has 760 valence electrons. The first-order valence-corrected chi connectivity index (χ1v) is 44.1. The number of halogens is 20. The van der Waals surface area contributed by atoms with Crippen molar-refractivity contribution in [1.29, 1.82) is 0 Å². The SMILES string of the molecule is Cc1nc2ccc(F)cc2n1-c1c[n+]([O-])cc(Nc2ccc(C(F)(F)F)cc2)n1.Cc1nc2ccccc2n1-c1c[n+]([O-])cc(Nc2ccc(OC(F)F)cc2)n1.Fc1ccn2nc(C3CC3)c(-c3cncc(Nc4ccc(C(F)(F)F)cc4)n3)c2c1.[O-][n+]1cc(Nc2ccc(C(F)(F)F)cc2)nc(-c2c(C(F)(F)F)nc3ccccn23)c1.[O-][n+]1cc(Nc2ccc(C(F)(F)F)cc2)nc(-n2c(C3CC3)nc3ncc(F)cc32)c1. The number of aryl methyl sites for hydroxylation is 2. The largest absolute Gasteiger partial charge is 0.619 e. The number of fused-ring (bicyclic) bond motifs is 5. The zero-order valence-electron chi connectivity index (χ0n) is 76.1. The van der Waals surface area contributed by atoms with E-state index in [-0.39, 0.29) is 68.3 Å². The number of benzene rings is 7. The molecule has 0 aliphatic heterocycles. The molecule has 13 heterocycles. The van der Waals surface area contributed by atoms with Crippen LogP contribution in [0.25, 0.3) is 84.5 Å². The van der Waals surface area contributed by atoms with Crippen molar-refractivity contribution in [3.05, 3.63) is 370 Å². The lowest BCUT2D eigenvalue weighted by atomic mass is 10.1. The molecular weight excluding hydrogens is 2000 g/mol. The summed E-state index contributed by atoms with van der Waals surface area (Å²) in [5.41, 5.74) is 2.66. The van der Waals surface area contributed by atoms with Crippen LogP contribution in [0.2, 0.25) is 0 Å². The van der Waals surface area contributed by atoms with E-state index < -0.39 is 82.8 Å². The number of anilines is 10. The first-order chi connectivity index (χ1) is 70.9.